The molecule has 0 unspecified atom stereocenters. The monoisotopic (exact) mass is 197 g/mol. The second kappa shape index (κ2) is 3.14. The van der Waals surface area contributed by atoms with Crippen molar-refractivity contribution in [3.8, 4) is 0 Å². The molecule has 1 aliphatic carbocycles. The van der Waals surface area contributed by atoms with E-state index in [2.05, 4.69) is 21.9 Å². The minimum absolute atomic E-state index is 0.553. The zero-order chi connectivity index (χ0) is 9.42. The van der Waals surface area contributed by atoms with Gasteiger partial charge < -0.3 is 4.90 Å². The molecule has 0 radical (unpaired) electrons. The predicted molar refractivity (Wildman–Crippen MR) is 53.2 cm³/mol. The van der Waals surface area contributed by atoms with Gasteiger partial charge in [-0.3, -0.25) is 0 Å². The van der Waals surface area contributed by atoms with E-state index in [1.54, 1.807) is 0 Å². The van der Waals surface area contributed by atoms with E-state index >= 15 is 0 Å². The lowest BCUT2D eigenvalue weighted by atomic mass is 10.3. The minimum atomic E-state index is 0.553. The molecule has 4 heteroatoms. The summed E-state index contributed by atoms with van der Waals surface area (Å²) in [5, 5.41) is 0.553. The number of anilines is 1. The molecule has 0 bridgehead atoms. The molecule has 0 atom stereocenters. The fourth-order valence-electron chi connectivity index (χ4n) is 1.41. The molecular weight excluding hydrogens is 186 g/mol. The van der Waals surface area contributed by atoms with Gasteiger partial charge in [-0.05, 0) is 19.8 Å². The highest BCUT2D eigenvalue weighted by atomic mass is 35.5. The maximum Gasteiger partial charge on any atom is 0.137 e. The van der Waals surface area contributed by atoms with Gasteiger partial charge in [0, 0.05) is 18.7 Å². The van der Waals surface area contributed by atoms with Crippen molar-refractivity contribution in [2.75, 3.05) is 11.9 Å². The Morgan fingerprint density at radius 3 is 2.77 bits per heavy atom. The number of hydrogen-bond donors (Lipinski definition) is 0. The zero-order valence-electron chi connectivity index (χ0n) is 7.79. The Balaban J connectivity index is 2.32. The summed E-state index contributed by atoms with van der Waals surface area (Å²) in [5.41, 5.74) is 0.971. The fourth-order valence-corrected chi connectivity index (χ4v) is 1.54. The van der Waals surface area contributed by atoms with Crippen LogP contribution in [0.2, 0.25) is 5.15 Å². The van der Waals surface area contributed by atoms with Crippen LogP contribution in [0.4, 0.5) is 5.82 Å². The van der Waals surface area contributed by atoms with Gasteiger partial charge in [0.05, 0.1) is 0 Å². The molecule has 0 saturated heterocycles. The molecule has 2 rings (SSSR count). The molecule has 0 spiro atoms. The van der Waals surface area contributed by atoms with E-state index in [0.717, 1.165) is 11.4 Å². The molecule has 0 N–H and O–H groups in total. The molecule has 0 aromatic carbocycles. The number of halogens is 1. The van der Waals surface area contributed by atoms with Crippen LogP contribution in [0.25, 0.3) is 0 Å². The first-order chi connectivity index (χ1) is 6.20. The molecule has 1 fully saturated rings. The highest BCUT2D eigenvalue weighted by Gasteiger charge is 2.28. The Kier molecular flexibility index (Phi) is 2.12. The highest BCUT2D eigenvalue weighted by Crippen LogP contribution is 2.31. The summed E-state index contributed by atoms with van der Waals surface area (Å²) in [6.07, 6.45) is 4.04. The van der Waals surface area contributed by atoms with Gasteiger partial charge in [-0.15, -0.1) is 0 Å². The molecule has 0 aliphatic heterocycles. The summed E-state index contributed by atoms with van der Waals surface area (Å²) in [6.45, 7) is 1.95. The SMILES string of the molecule is Cc1c(Cl)ncnc1N(C)C1CC1. The third-order valence-corrected chi connectivity index (χ3v) is 2.81. The standard InChI is InChI=1S/C9H12ClN3/c1-6-8(10)11-5-12-9(6)13(2)7-3-4-7/h5,7H,3-4H2,1-2H3. The Hall–Kier alpha value is -0.830. The summed E-state index contributed by atoms with van der Waals surface area (Å²) in [6, 6.07) is 0.657. The molecule has 13 heavy (non-hydrogen) atoms. The van der Waals surface area contributed by atoms with Crippen LogP contribution in [-0.4, -0.2) is 23.1 Å². The first-order valence-electron chi connectivity index (χ1n) is 4.40. The summed E-state index contributed by atoms with van der Waals surface area (Å²) in [5.74, 6) is 0.961. The fraction of sp³-hybridized carbons (Fsp3) is 0.556. The van der Waals surface area contributed by atoms with Gasteiger partial charge in [0.2, 0.25) is 0 Å². The van der Waals surface area contributed by atoms with Crippen LogP contribution in [0.3, 0.4) is 0 Å². The van der Waals surface area contributed by atoms with Crippen molar-refractivity contribution in [2.45, 2.75) is 25.8 Å². The van der Waals surface area contributed by atoms with Gasteiger partial charge in [-0.25, -0.2) is 9.97 Å². The molecule has 1 aromatic heterocycles. The topological polar surface area (TPSA) is 29.0 Å². The molecule has 1 aliphatic rings. The molecule has 3 nitrogen and oxygen atoms in total. The van der Waals surface area contributed by atoms with E-state index in [-0.39, 0.29) is 0 Å². The van der Waals surface area contributed by atoms with Gasteiger partial charge in [-0.1, -0.05) is 11.6 Å². The smallest absolute Gasteiger partial charge is 0.137 e. The van der Waals surface area contributed by atoms with Crippen molar-refractivity contribution in [1.29, 1.82) is 0 Å². The maximum absolute atomic E-state index is 5.91. The lowest BCUT2D eigenvalue weighted by molar-refractivity contribution is 0.877. The summed E-state index contributed by atoms with van der Waals surface area (Å²) in [4.78, 5) is 10.3. The third-order valence-electron chi connectivity index (χ3n) is 2.42. The van der Waals surface area contributed by atoms with Crippen LogP contribution >= 0.6 is 11.6 Å². The minimum Gasteiger partial charge on any atom is -0.356 e. The van der Waals surface area contributed by atoms with Gasteiger partial charge in [0.25, 0.3) is 0 Å². The van der Waals surface area contributed by atoms with E-state index in [0.29, 0.717) is 11.2 Å². The molecule has 0 amide bonds. The Morgan fingerprint density at radius 2 is 2.15 bits per heavy atom. The van der Waals surface area contributed by atoms with Crippen molar-refractivity contribution in [1.82, 2.24) is 9.97 Å². The number of hydrogen-bond acceptors (Lipinski definition) is 3. The zero-order valence-corrected chi connectivity index (χ0v) is 8.54. The maximum atomic E-state index is 5.91. The van der Waals surface area contributed by atoms with Crippen LogP contribution in [0.1, 0.15) is 18.4 Å². The van der Waals surface area contributed by atoms with Crippen molar-refractivity contribution >= 4 is 17.4 Å². The number of aromatic nitrogens is 2. The Bertz CT molecular complexity index is 323. The molecule has 1 aromatic rings. The van der Waals surface area contributed by atoms with Crippen LogP contribution in [0, 0.1) is 6.92 Å². The van der Waals surface area contributed by atoms with Crippen molar-refractivity contribution < 1.29 is 0 Å². The first-order valence-corrected chi connectivity index (χ1v) is 4.78. The quantitative estimate of drug-likeness (QED) is 0.680. The van der Waals surface area contributed by atoms with Crippen molar-refractivity contribution in [3.63, 3.8) is 0 Å². The lowest BCUT2D eigenvalue weighted by Gasteiger charge is -2.19. The second-order valence-corrected chi connectivity index (χ2v) is 3.81. The summed E-state index contributed by atoms with van der Waals surface area (Å²) >= 11 is 5.91. The first kappa shape index (κ1) is 8.75. The molecule has 70 valence electrons. The van der Waals surface area contributed by atoms with Gasteiger partial charge in [0.15, 0.2) is 0 Å². The van der Waals surface area contributed by atoms with E-state index < -0.39 is 0 Å². The normalized spacial score (nSPS) is 15.9. The van der Waals surface area contributed by atoms with Crippen LogP contribution in [0.15, 0.2) is 6.33 Å². The third kappa shape index (κ3) is 1.61. The average Bonchev–Trinajstić information content (AvgIpc) is 2.91. The number of rotatable bonds is 2. The highest BCUT2D eigenvalue weighted by molar-refractivity contribution is 6.30. The largest absolute Gasteiger partial charge is 0.356 e. The van der Waals surface area contributed by atoms with Gasteiger partial charge in [0.1, 0.15) is 17.3 Å². The van der Waals surface area contributed by atoms with Crippen LogP contribution < -0.4 is 4.90 Å². The molecular formula is C9H12ClN3. The molecule has 1 saturated carbocycles. The lowest BCUT2D eigenvalue weighted by Crippen LogP contribution is -2.21. The van der Waals surface area contributed by atoms with Crippen molar-refractivity contribution in [2.24, 2.45) is 0 Å². The molecule has 1 heterocycles. The van der Waals surface area contributed by atoms with E-state index in [4.69, 9.17) is 11.6 Å². The van der Waals surface area contributed by atoms with Crippen molar-refractivity contribution in [3.05, 3.63) is 17.0 Å². The Morgan fingerprint density at radius 1 is 1.46 bits per heavy atom. The van der Waals surface area contributed by atoms with Gasteiger partial charge in [-0.2, -0.15) is 0 Å². The second-order valence-electron chi connectivity index (χ2n) is 3.46. The number of nitrogens with zero attached hydrogens (tertiary/aromatic N) is 3. The average molecular weight is 198 g/mol. The van der Waals surface area contributed by atoms with Crippen LogP contribution in [0.5, 0.6) is 0 Å². The predicted octanol–water partition coefficient (Wildman–Crippen LogP) is 2.04. The summed E-state index contributed by atoms with van der Waals surface area (Å²) in [7, 11) is 2.06. The Labute approximate surface area is 82.8 Å². The van der Waals surface area contributed by atoms with E-state index in [1.165, 1.54) is 19.2 Å². The van der Waals surface area contributed by atoms with E-state index in [1.807, 2.05) is 6.92 Å². The summed E-state index contributed by atoms with van der Waals surface area (Å²) < 4.78 is 0. The van der Waals surface area contributed by atoms with E-state index in [9.17, 15) is 0 Å². The van der Waals surface area contributed by atoms with Crippen LogP contribution in [-0.2, 0) is 0 Å². The van der Waals surface area contributed by atoms with Gasteiger partial charge >= 0.3 is 0 Å².